The van der Waals surface area contributed by atoms with Crippen molar-refractivity contribution in [3.05, 3.63) is 45.9 Å². The van der Waals surface area contributed by atoms with Gasteiger partial charge in [0, 0.05) is 44.6 Å². The maximum absolute atomic E-state index is 15.4. The van der Waals surface area contributed by atoms with Gasteiger partial charge in [0.1, 0.15) is 0 Å². The van der Waals surface area contributed by atoms with Crippen LogP contribution in [0.2, 0.25) is 0 Å². The fourth-order valence-corrected chi connectivity index (χ4v) is 6.36. The summed E-state index contributed by atoms with van der Waals surface area (Å²) in [4.78, 5) is 35.9. The van der Waals surface area contributed by atoms with Crippen molar-refractivity contribution in [2.24, 2.45) is 11.8 Å². The number of carbonyl (C=O) groups excluding carboxylic acids is 1. The predicted octanol–water partition coefficient (Wildman–Crippen LogP) is 6.76. The minimum Gasteiger partial charge on any atom is -0.504 e. The second kappa shape index (κ2) is 13.4. The Morgan fingerprint density at radius 2 is 1.62 bits per heavy atom. The van der Waals surface area contributed by atoms with Gasteiger partial charge in [-0.1, -0.05) is 13.8 Å². The van der Waals surface area contributed by atoms with Gasteiger partial charge in [-0.15, -0.1) is 22.7 Å². The van der Waals surface area contributed by atoms with Crippen LogP contribution in [0.25, 0.3) is 20.2 Å². The first-order valence-electron chi connectivity index (χ1n) is 13.3. The molecule has 2 aromatic carbocycles. The van der Waals surface area contributed by atoms with Gasteiger partial charge >= 0.3 is 11.9 Å². The molecule has 42 heavy (non-hydrogen) atoms. The number of ketones is 1. The van der Waals surface area contributed by atoms with E-state index in [0.29, 0.717) is 44.3 Å². The number of hydrogen-bond donors (Lipinski definition) is 3. The fourth-order valence-electron chi connectivity index (χ4n) is 4.23. The summed E-state index contributed by atoms with van der Waals surface area (Å²) in [6.07, 6.45) is 1.22. The number of phenolic OH excluding ortho intramolecular Hbond substituents is 1. The molecular weight excluding hydrogens is 587 g/mol. The Bertz CT molecular complexity index is 1620. The van der Waals surface area contributed by atoms with Crippen LogP contribution in [-0.2, 0) is 16.0 Å². The smallest absolute Gasteiger partial charge is 0.306 e. The van der Waals surface area contributed by atoms with Crippen LogP contribution in [0.3, 0.4) is 0 Å². The van der Waals surface area contributed by atoms with Gasteiger partial charge in [0.2, 0.25) is 0 Å². The molecule has 2 aromatic heterocycles. The van der Waals surface area contributed by atoms with Gasteiger partial charge in [-0.3, -0.25) is 14.4 Å². The van der Waals surface area contributed by atoms with E-state index in [4.69, 9.17) is 24.4 Å². The number of methoxy groups -OCH3 is 1. The lowest BCUT2D eigenvalue weighted by Crippen LogP contribution is -2.13. The van der Waals surface area contributed by atoms with Crippen LogP contribution in [0.5, 0.6) is 23.0 Å². The molecule has 0 aliphatic carbocycles. The highest BCUT2D eigenvalue weighted by Gasteiger charge is 2.21. The molecule has 0 aliphatic rings. The topological polar surface area (TPSA) is 140 Å². The van der Waals surface area contributed by atoms with E-state index in [2.05, 4.69) is 0 Å². The minimum atomic E-state index is -1.04. The number of thiophene rings is 2. The number of hydrogen-bond acceptors (Lipinski definition) is 9. The van der Waals surface area contributed by atoms with E-state index in [9.17, 15) is 19.5 Å². The summed E-state index contributed by atoms with van der Waals surface area (Å²) in [6.45, 7) is 3.38. The average molecular weight is 619 g/mol. The molecular formula is C30H31FO9S2. The quantitative estimate of drug-likeness (QED) is 0.0973. The first-order chi connectivity index (χ1) is 20.0. The SMILES string of the molecule is COc1cc2sc(CCC(C)C(=O)O)cc2c(F)c1OCCCOc1cc2cc(C(=O)CC(C)C(=O)O)sc2cc1O. The largest absolute Gasteiger partial charge is 0.504 e. The highest BCUT2D eigenvalue weighted by Crippen LogP contribution is 2.41. The van der Waals surface area contributed by atoms with Gasteiger partial charge in [-0.2, -0.15) is 0 Å². The van der Waals surface area contributed by atoms with Gasteiger partial charge in [-0.05, 0) is 36.4 Å². The third-order valence-electron chi connectivity index (χ3n) is 6.78. The van der Waals surface area contributed by atoms with Gasteiger partial charge in [-0.25, -0.2) is 4.39 Å². The molecule has 0 radical (unpaired) electrons. The Labute approximate surface area is 249 Å². The molecule has 0 saturated carbocycles. The number of phenols is 1. The molecule has 2 unspecified atom stereocenters. The van der Waals surface area contributed by atoms with Crippen molar-refractivity contribution in [1.82, 2.24) is 0 Å². The number of aromatic hydroxyl groups is 1. The lowest BCUT2D eigenvalue weighted by atomic mass is 10.0. The summed E-state index contributed by atoms with van der Waals surface area (Å²) in [5.41, 5.74) is 0. The van der Waals surface area contributed by atoms with Crippen LogP contribution < -0.4 is 14.2 Å². The molecule has 4 rings (SSSR count). The zero-order valence-corrected chi connectivity index (χ0v) is 24.9. The molecule has 2 atom stereocenters. The van der Waals surface area contributed by atoms with Crippen molar-refractivity contribution in [3.8, 4) is 23.0 Å². The number of halogens is 1. The van der Waals surface area contributed by atoms with Gasteiger partial charge < -0.3 is 29.5 Å². The van der Waals surface area contributed by atoms with Crippen LogP contribution in [0.4, 0.5) is 4.39 Å². The Kier molecular flexibility index (Phi) is 9.89. The van der Waals surface area contributed by atoms with E-state index < -0.39 is 29.6 Å². The lowest BCUT2D eigenvalue weighted by molar-refractivity contribution is -0.142. The lowest BCUT2D eigenvalue weighted by Gasteiger charge is -2.13. The average Bonchev–Trinajstić information content (AvgIpc) is 3.56. The van der Waals surface area contributed by atoms with E-state index in [1.165, 1.54) is 42.8 Å². The zero-order chi connectivity index (χ0) is 30.6. The molecule has 0 amide bonds. The highest BCUT2D eigenvalue weighted by molar-refractivity contribution is 7.21. The van der Waals surface area contributed by atoms with Crippen molar-refractivity contribution in [2.75, 3.05) is 20.3 Å². The van der Waals surface area contributed by atoms with E-state index >= 15 is 4.39 Å². The second-order valence-electron chi connectivity index (χ2n) is 10.0. The maximum Gasteiger partial charge on any atom is 0.306 e. The summed E-state index contributed by atoms with van der Waals surface area (Å²) in [6, 6.07) is 8.18. The van der Waals surface area contributed by atoms with Crippen molar-refractivity contribution in [2.45, 2.75) is 39.5 Å². The summed E-state index contributed by atoms with van der Waals surface area (Å²) in [5.74, 6) is -3.69. The summed E-state index contributed by atoms with van der Waals surface area (Å²) in [7, 11) is 1.43. The van der Waals surface area contributed by atoms with Crippen molar-refractivity contribution < 1.29 is 48.3 Å². The van der Waals surface area contributed by atoms with Crippen LogP contribution in [0.15, 0.2) is 30.3 Å². The number of carbonyl (C=O) groups is 3. The second-order valence-corrected chi connectivity index (χ2v) is 12.3. The number of ether oxygens (including phenoxy) is 3. The molecule has 0 saturated heterocycles. The standard InChI is InChI=1S/C30H31FO9S2/c1-15(29(34)35)5-6-18-12-19-25(41-18)14-23(38-3)28(27(19)31)40-8-4-7-39-22-10-17-11-26(42-24(17)13-20(22)32)21(33)9-16(2)30(36)37/h10-16,32H,4-9H2,1-3H3,(H,34,35)(H,36,37). The normalized spacial score (nSPS) is 12.8. The van der Waals surface area contributed by atoms with Gasteiger partial charge in [0.15, 0.2) is 34.6 Å². The number of carboxylic acids is 2. The van der Waals surface area contributed by atoms with Crippen molar-refractivity contribution in [3.63, 3.8) is 0 Å². The van der Waals surface area contributed by atoms with Crippen molar-refractivity contribution in [1.29, 1.82) is 0 Å². The first-order valence-corrected chi connectivity index (χ1v) is 14.9. The molecule has 0 spiro atoms. The minimum absolute atomic E-state index is 0.0230. The van der Waals surface area contributed by atoms with Crippen LogP contribution in [0.1, 0.15) is 47.7 Å². The summed E-state index contributed by atoms with van der Waals surface area (Å²) < 4.78 is 33.5. The number of fused-ring (bicyclic) bond motifs is 2. The predicted molar refractivity (Wildman–Crippen MR) is 158 cm³/mol. The fraction of sp³-hybridized carbons (Fsp3) is 0.367. The first kappa shape index (κ1) is 31.0. The number of rotatable bonds is 15. The monoisotopic (exact) mass is 618 g/mol. The highest BCUT2D eigenvalue weighted by atomic mass is 32.1. The molecule has 0 fully saturated rings. The number of carboxylic acid groups (broad SMARTS) is 2. The van der Waals surface area contributed by atoms with E-state index in [1.807, 2.05) is 0 Å². The number of Topliss-reactive ketones (excluding diaryl/α,β-unsaturated/α-hetero) is 1. The van der Waals surface area contributed by atoms with E-state index in [1.54, 1.807) is 31.2 Å². The molecule has 224 valence electrons. The zero-order valence-electron chi connectivity index (χ0n) is 23.3. The maximum atomic E-state index is 15.4. The molecule has 4 aromatic rings. The molecule has 2 heterocycles. The Balaban J connectivity index is 1.36. The van der Waals surface area contributed by atoms with Gasteiger partial charge in [0.25, 0.3) is 0 Å². The summed E-state index contributed by atoms with van der Waals surface area (Å²) in [5, 5.41) is 29.6. The number of aryl methyl sites for hydroxylation is 1. The molecule has 12 heteroatoms. The molecule has 3 N–H and O–H groups in total. The van der Waals surface area contributed by atoms with Crippen molar-refractivity contribution >= 4 is 60.6 Å². The van der Waals surface area contributed by atoms with Crippen LogP contribution in [0, 0.1) is 17.7 Å². The van der Waals surface area contributed by atoms with E-state index in [0.717, 1.165) is 4.88 Å². The Morgan fingerprint density at radius 1 is 0.905 bits per heavy atom. The molecule has 0 aliphatic heterocycles. The number of benzene rings is 2. The van der Waals surface area contributed by atoms with Gasteiger partial charge in [0.05, 0.1) is 37.0 Å². The number of aliphatic carboxylic acids is 2. The molecule has 0 bridgehead atoms. The summed E-state index contributed by atoms with van der Waals surface area (Å²) >= 11 is 2.56. The third kappa shape index (κ3) is 7.11. The van der Waals surface area contributed by atoms with Crippen LogP contribution >= 0.6 is 22.7 Å². The Hall–Kier alpha value is -3.90. The van der Waals surface area contributed by atoms with Crippen LogP contribution in [-0.4, -0.2) is 53.4 Å². The van der Waals surface area contributed by atoms with E-state index in [-0.39, 0.29) is 48.4 Å². The Morgan fingerprint density at radius 3 is 2.31 bits per heavy atom. The third-order valence-corrected chi connectivity index (χ3v) is 9.06. The molecule has 9 nitrogen and oxygen atoms in total.